The summed E-state index contributed by atoms with van der Waals surface area (Å²) in [4.78, 5) is 33.1. The summed E-state index contributed by atoms with van der Waals surface area (Å²) in [6, 6.07) is 46.4. The predicted octanol–water partition coefficient (Wildman–Crippen LogP) is 8.67. The maximum atomic E-state index is 13.1. The smallest absolute Gasteiger partial charge is 0.423 e. The van der Waals surface area contributed by atoms with Crippen LogP contribution in [-0.2, 0) is 35.8 Å². The second-order valence-corrected chi connectivity index (χ2v) is 30.7. The molecule has 2 aliphatic rings. The maximum Gasteiger partial charge on any atom is 0.488 e. The number of carbonyl (C=O) groups excluding carboxylic acids is 2. The highest BCUT2D eigenvalue weighted by molar-refractivity contribution is 6.98. The Bertz CT molecular complexity index is 3790. The van der Waals surface area contributed by atoms with Crippen molar-refractivity contribution in [3.63, 3.8) is 0 Å². The minimum Gasteiger partial charge on any atom is -0.423 e. The van der Waals surface area contributed by atoms with E-state index in [1.165, 1.54) is 38.5 Å². The molecule has 15 heteroatoms. The van der Waals surface area contributed by atoms with Gasteiger partial charge in [0.25, 0.3) is 0 Å². The van der Waals surface area contributed by atoms with Crippen LogP contribution < -0.4 is 31.6 Å². The third-order valence-electron chi connectivity index (χ3n) is 17.1. The topological polar surface area (TPSA) is 152 Å². The van der Waals surface area contributed by atoms with Gasteiger partial charge in [0.1, 0.15) is 22.2 Å². The molecule has 12 nitrogen and oxygen atoms in total. The predicted molar refractivity (Wildman–Crippen MR) is 360 cm³/mol. The van der Waals surface area contributed by atoms with Gasteiger partial charge in [0, 0.05) is 95.1 Å². The van der Waals surface area contributed by atoms with Crippen molar-refractivity contribution in [2.24, 2.45) is 10.8 Å². The van der Waals surface area contributed by atoms with Crippen LogP contribution in [0.1, 0.15) is 87.8 Å². The van der Waals surface area contributed by atoms with Crippen molar-refractivity contribution >= 4 is 88.8 Å². The second kappa shape index (κ2) is 26.4. The summed E-state index contributed by atoms with van der Waals surface area (Å²) >= 11 is 0. The molecular formula is C71H87B2N6O6Si+. The van der Waals surface area contributed by atoms with E-state index in [0.29, 0.717) is 76.1 Å². The van der Waals surface area contributed by atoms with Crippen molar-refractivity contribution in [1.29, 1.82) is 0 Å². The molecule has 6 N–H and O–H groups in total. The van der Waals surface area contributed by atoms with E-state index < -0.39 is 33.1 Å². The summed E-state index contributed by atoms with van der Waals surface area (Å²) in [5.74, 6) is -0.0256. The van der Waals surface area contributed by atoms with E-state index >= 15 is 0 Å². The minimum atomic E-state index is -2.16. The molecule has 0 bridgehead atoms. The summed E-state index contributed by atoms with van der Waals surface area (Å²) < 4.78 is 2.19. The highest BCUT2D eigenvalue weighted by atomic mass is 28.3. The molecule has 7 aromatic carbocycles. The normalized spacial score (nSPS) is 13.9. The third-order valence-corrected chi connectivity index (χ3v) is 20.7. The van der Waals surface area contributed by atoms with Gasteiger partial charge in [-0.2, -0.15) is 0 Å². The zero-order valence-electron chi connectivity index (χ0n) is 52.6. The average molecular weight is 1170 g/mol. The molecule has 0 saturated heterocycles. The van der Waals surface area contributed by atoms with Crippen LogP contribution in [-0.4, -0.2) is 129 Å². The molecule has 1 aliphatic heterocycles. The SMILES string of the molecule is CN(C)c1ccc2c(c1)[Si](C)(C)C1=CC(=[N+](C)C)C=CC1=C2c1ccc(-c2ccc3c(CN(CCCNC(=O)C(C)(C)C)Cc4ccccc4B(O)O)c4ccccc4c(CN(CCCNC(=O)C(C)(C)C)Cc4ccccc4B(O)O)c3c2)cc1. The summed E-state index contributed by atoms with van der Waals surface area (Å²) in [5, 5.41) is 55.9. The number of hydrogen-bond donors (Lipinski definition) is 6. The second-order valence-electron chi connectivity index (χ2n) is 26.4. The highest BCUT2D eigenvalue weighted by Gasteiger charge is 2.40. The number of rotatable bonds is 21. The van der Waals surface area contributed by atoms with E-state index in [1.807, 2.05) is 77.9 Å². The average Bonchev–Trinajstić information content (AvgIpc) is 0.805. The van der Waals surface area contributed by atoms with Crippen molar-refractivity contribution in [1.82, 2.24) is 20.4 Å². The Kier molecular flexibility index (Phi) is 19.4. The van der Waals surface area contributed by atoms with Gasteiger partial charge in [-0.1, -0.05) is 170 Å². The molecule has 0 unspecified atom stereocenters. The summed E-state index contributed by atoms with van der Waals surface area (Å²) in [6.45, 7) is 20.5. The van der Waals surface area contributed by atoms with Gasteiger partial charge in [-0.25, -0.2) is 4.58 Å². The molecule has 0 fully saturated rings. The van der Waals surface area contributed by atoms with Gasteiger partial charge in [-0.05, 0) is 136 Å². The quantitative estimate of drug-likeness (QED) is 0.0180. The van der Waals surface area contributed by atoms with Crippen molar-refractivity contribution in [2.45, 2.75) is 93.7 Å². The standard InChI is InChI=1S/C71H86B2N6O6Si/c1-70(2,3)68(80)74-37-19-39-78(44-51-21-13-17-25-63(51)72(82)83)46-61-55-23-15-16-24-56(55)62(47-79(40-20-38-75-69(81)71(4,5)6)45-52-22-14-18-26-64(52)73(84)85)60-41-50(31-34-57(60)61)48-27-29-49(30-28-48)67-58-35-32-53(76(7)8)42-65(58)86(11,12)66-43-54(77(9)10)33-36-59(66)67/h13-18,21-36,41-43,82-85H,19-20,37-40,44-47H2,1-12H3,(H-,74,75,80,81)/p+1. The van der Waals surface area contributed by atoms with E-state index in [4.69, 9.17) is 0 Å². The lowest BCUT2D eigenvalue weighted by molar-refractivity contribution is -0.462. The molecule has 86 heavy (non-hydrogen) atoms. The van der Waals surface area contributed by atoms with E-state index in [1.54, 1.807) is 12.1 Å². The van der Waals surface area contributed by atoms with Crippen molar-refractivity contribution < 1.29 is 34.3 Å². The molecule has 1 heterocycles. The lowest BCUT2D eigenvalue weighted by atomic mass is 9.77. The Morgan fingerprint density at radius 2 is 1.03 bits per heavy atom. The fraction of sp³-hybridized carbons (Fsp3) is 0.338. The molecule has 2 amide bonds. The first-order valence-electron chi connectivity index (χ1n) is 30.3. The number of benzene rings is 7. The van der Waals surface area contributed by atoms with E-state index in [0.717, 1.165) is 60.5 Å². The lowest BCUT2D eigenvalue weighted by Gasteiger charge is -2.38. The Morgan fingerprint density at radius 3 is 1.53 bits per heavy atom. The van der Waals surface area contributed by atoms with Crippen LogP contribution in [0.15, 0.2) is 162 Å². The highest BCUT2D eigenvalue weighted by Crippen LogP contribution is 2.43. The zero-order chi connectivity index (χ0) is 61.8. The van der Waals surface area contributed by atoms with Gasteiger partial charge in [0.2, 0.25) is 11.8 Å². The molecule has 9 rings (SSSR count). The Balaban J connectivity index is 1.19. The Morgan fingerprint density at radius 1 is 0.558 bits per heavy atom. The molecule has 0 spiro atoms. The first-order valence-corrected chi connectivity index (χ1v) is 33.3. The summed E-state index contributed by atoms with van der Waals surface area (Å²) in [7, 11) is 2.99. The number of nitrogens with one attached hydrogen (secondary N) is 2. The number of amides is 2. The Hall–Kier alpha value is -7.20. The van der Waals surface area contributed by atoms with Gasteiger partial charge in [-0.3, -0.25) is 19.4 Å². The molecule has 0 radical (unpaired) electrons. The van der Waals surface area contributed by atoms with E-state index in [9.17, 15) is 29.7 Å². The number of anilines is 1. The van der Waals surface area contributed by atoms with Crippen molar-refractivity contribution in [2.75, 3.05) is 59.3 Å². The molecular weight excluding hydrogens is 1080 g/mol. The monoisotopic (exact) mass is 1170 g/mol. The fourth-order valence-electron chi connectivity index (χ4n) is 12.2. The van der Waals surface area contributed by atoms with Gasteiger partial charge >= 0.3 is 14.2 Å². The van der Waals surface area contributed by atoms with Crippen LogP contribution in [0.5, 0.6) is 0 Å². The van der Waals surface area contributed by atoms with Crippen molar-refractivity contribution in [3.8, 4) is 11.1 Å². The van der Waals surface area contributed by atoms with Crippen LogP contribution in [0.3, 0.4) is 0 Å². The number of carbonyl (C=O) groups is 2. The number of fused-ring (bicyclic) bond motifs is 4. The van der Waals surface area contributed by atoms with Gasteiger partial charge in [0.15, 0.2) is 5.71 Å². The third kappa shape index (κ3) is 14.1. The van der Waals surface area contributed by atoms with Crippen LogP contribution in [0, 0.1) is 10.8 Å². The lowest BCUT2D eigenvalue weighted by Crippen LogP contribution is -2.49. The molecule has 7 aromatic rings. The van der Waals surface area contributed by atoms with Gasteiger partial charge < -0.3 is 35.6 Å². The van der Waals surface area contributed by atoms with Crippen LogP contribution in [0.25, 0.3) is 38.2 Å². The minimum absolute atomic E-state index is 0.0121. The molecule has 0 atom stereocenters. The van der Waals surface area contributed by atoms with E-state index in [2.05, 4.69) is 174 Å². The van der Waals surface area contributed by atoms with Crippen LogP contribution in [0.4, 0.5) is 5.69 Å². The number of hydrogen-bond acceptors (Lipinski definition) is 9. The zero-order valence-corrected chi connectivity index (χ0v) is 53.6. The first kappa shape index (κ1) is 63.3. The molecule has 446 valence electrons. The van der Waals surface area contributed by atoms with Crippen LogP contribution >= 0.6 is 0 Å². The number of allylic oxidation sites excluding steroid dienone is 5. The van der Waals surface area contributed by atoms with Gasteiger partial charge in [-0.15, -0.1) is 0 Å². The summed E-state index contributed by atoms with van der Waals surface area (Å²) in [5.41, 5.74) is 13.2. The van der Waals surface area contributed by atoms with Crippen molar-refractivity contribution in [3.05, 3.63) is 196 Å². The van der Waals surface area contributed by atoms with Crippen LogP contribution in [0.2, 0.25) is 13.1 Å². The van der Waals surface area contributed by atoms with Gasteiger partial charge in [0.05, 0.1) is 0 Å². The van der Waals surface area contributed by atoms with E-state index in [-0.39, 0.29) is 11.8 Å². The maximum absolute atomic E-state index is 13.1. The molecule has 0 aromatic heterocycles. The number of nitrogens with zero attached hydrogens (tertiary/aromatic N) is 4. The fourth-order valence-corrected chi connectivity index (χ4v) is 15.2. The largest absolute Gasteiger partial charge is 0.488 e. The Labute approximate surface area is 511 Å². The summed E-state index contributed by atoms with van der Waals surface area (Å²) in [6.07, 6.45) is 8.31. The first-order chi connectivity index (χ1) is 40.8. The molecule has 1 aliphatic carbocycles. The molecule has 0 saturated carbocycles.